The van der Waals surface area contributed by atoms with Crippen LogP contribution in [-0.4, -0.2) is 22.6 Å². The number of benzene rings is 1. The number of hydrogen-bond acceptors (Lipinski definition) is 2. The minimum absolute atomic E-state index is 0. The molecule has 3 rings (SSSR count). The molecule has 2 heterocycles. The lowest BCUT2D eigenvalue weighted by atomic mass is 10.1. The molecule has 19 heavy (non-hydrogen) atoms. The van der Waals surface area contributed by atoms with E-state index in [1.165, 1.54) is 0 Å². The van der Waals surface area contributed by atoms with Crippen LogP contribution < -0.4 is 11.0 Å². The van der Waals surface area contributed by atoms with Gasteiger partial charge in [-0.05, 0) is 38.1 Å². The summed E-state index contributed by atoms with van der Waals surface area (Å²) in [6.45, 7) is 1.87. The highest BCUT2D eigenvalue weighted by atomic mass is 35.5. The lowest BCUT2D eigenvalue weighted by Crippen LogP contribution is -2.33. The van der Waals surface area contributed by atoms with Crippen molar-refractivity contribution in [1.29, 1.82) is 0 Å². The van der Waals surface area contributed by atoms with Crippen LogP contribution in [0.15, 0.2) is 16.9 Å². The molecule has 1 saturated heterocycles. The Balaban J connectivity index is 0.00000133. The van der Waals surface area contributed by atoms with E-state index in [-0.39, 0.29) is 24.1 Å². The molecule has 1 aliphatic heterocycles. The summed E-state index contributed by atoms with van der Waals surface area (Å²) in [5, 5.41) is 4.23. The third-order valence-electron chi connectivity index (χ3n) is 3.43. The quantitative estimate of drug-likeness (QED) is 0.848. The first-order valence-corrected chi connectivity index (χ1v) is 6.72. The molecule has 7 heteroatoms. The molecule has 0 bridgehead atoms. The summed E-state index contributed by atoms with van der Waals surface area (Å²) >= 11 is 12.0. The van der Waals surface area contributed by atoms with Gasteiger partial charge in [0.2, 0.25) is 0 Å². The molecule has 4 nitrogen and oxygen atoms in total. The maximum absolute atomic E-state index is 12.1. The van der Waals surface area contributed by atoms with Crippen molar-refractivity contribution in [3.63, 3.8) is 0 Å². The lowest BCUT2D eigenvalue weighted by molar-refractivity contribution is 0.368. The van der Waals surface area contributed by atoms with Gasteiger partial charge in [-0.15, -0.1) is 12.4 Å². The molecule has 2 aromatic rings. The van der Waals surface area contributed by atoms with E-state index in [0.29, 0.717) is 10.0 Å². The molecule has 0 unspecified atom stereocenters. The number of hydrogen-bond donors (Lipinski definition) is 2. The Morgan fingerprint density at radius 2 is 1.79 bits per heavy atom. The first kappa shape index (κ1) is 14.7. The molecule has 0 spiro atoms. The van der Waals surface area contributed by atoms with Gasteiger partial charge in [-0.2, -0.15) is 0 Å². The third kappa shape index (κ3) is 2.63. The van der Waals surface area contributed by atoms with E-state index in [0.717, 1.165) is 37.0 Å². The summed E-state index contributed by atoms with van der Waals surface area (Å²) in [4.78, 5) is 14.9. The monoisotopic (exact) mass is 321 g/mol. The van der Waals surface area contributed by atoms with Gasteiger partial charge >= 0.3 is 5.69 Å². The van der Waals surface area contributed by atoms with Crippen LogP contribution in [0.25, 0.3) is 11.0 Å². The van der Waals surface area contributed by atoms with E-state index in [4.69, 9.17) is 23.2 Å². The van der Waals surface area contributed by atoms with Crippen LogP contribution in [-0.2, 0) is 0 Å². The molecule has 0 saturated carbocycles. The van der Waals surface area contributed by atoms with Gasteiger partial charge in [-0.25, -0.2) is 4.79 Å². The number of piperidine rings is 1. The van der Waals surface area contributed by atoms with Crippen molar-refractivity contribution in [1.82, 2.24) is 14.9 Å². The zero-order valence-electron chi connectivity index (χ0n) is 10.1. The largest absolute Gasteiger partial charge is 0.326 e. The second kappa shape index (κ2) is 5.75. The standard InChI is InChI=1S/C12H13Cl2N3O.ClH/c13-8-5-10-11(6-9(8)14)17(12(18)16-10)7-1-3-15-4-2-7;/h5-7,15H,1-4H2,(H,16,18);1H. The summed E-state index contributed by atoms with van der Waals surface area (Å²) in [7, 11) is 0. The van der Waals surface area contributed by atoms with Crippen LogP contribution >= 0.6 is 35.6 Å². The molecular weight excluding hydrogens is 309 g/mol. The highest BCUT2D eigenvalue weighted by Gasteiger charge is 2.20. The molecule has 0 amide bonds. The fourth-order valence-electron chi connectivity index (χ4n) is 2.55. The van der Waals surface area contributed by atoms with Gasteiger partial charge < -0.3 is 10.3 Å². The van der Waals surface area contributed by atoms with Gasteiger partial charge in [-0.1, -0.05) is 23.2 Å². The van der Waals surface area contributed by atoms with E-state index in [1.54, 1.807) is 16.7 Å². The van der Waals surface area contributed by atoms with Crippen molar-refractivity contribution < 1.29 is 0 Å². The molecule has 0 radical (unpaired) electrons. The second-order valence-electron chi connectivity index (χ2n) is 4.56. The fraction of sp³-hybridized carbons (Fsp3) is 0.417. The zero-order valence-corrected chi connectivity index (χ0v) is 12.4. The average molecular weight is 323 g/mol. The normalized spacial score (nSPS) is 16.5. The zero-order chi connectivity index (χ0) is 12.7. The van der Waals surface area contributed by atoms with Crippen molar-refractivity contribution >= 4 is 46.6 Å². The van der Waals surface area contributed by atoms with Gasteiger partial charge in [0.1, 0.15) is 0 Å². The summed E-state index contributed by atoms with van der Waals surface area (Å²) < 4.78 is 1.80. The Hall–Kier alpha value is -0.680. The number of aromatic nitrogens is 2. The highest BCUT2D eigenvalue weighted by molar-refractivity contribution is 6.42. The molecule has 104 valence electrons. The molecule has 0 aliphatic carbocycles. The molecule has 1 fully saturated rings. The van der Waals surface area contributed by atoms with Crippen LogP contribution in [0, 0.1) is 0 Å². The first-order chi connectivity index (χ1) is 8.66. The minimum Gasteiger partial charge on any atom is -0.317 e. The fourth-order valence-corrected chi connectivity index (χ4v) is 2.87. The third-order valence-corrected chi connectivity index (χ3v) is 4.15. The van der Waals surface area contributed by atoms with Crippen molar-refractivity contribution in [2.45, 2.75) is 18.9 Å². The van der Waals surface area contributed by atoms with E-state index in [1.807, 2.05) is 0 Å². The average Bonchev–Trinajstić information content (AvgIpc) is 2.66. The smallest absolute Gasteiger partial charge is 0.317 e. The van der Waals surface area contributed by atoms with Gasteiger partial charge in [0.25, 0.3) is 0 Å². The highest BCUT2D eigenvalue weighted by Crippen LogP contribution is 2.29. The van der Waals surface area contributed by atoms with E-state index in [9.17, 15) is 4.79 Å². The molecule has 1 aliphatic rings. The summed E-state index contributed by atoms with van der Waals surface area (Å²) in [5.74, 6) is 0. The number of halogens is 3. The topological polar surface area (TPSA) is 49.8 Å². The minimum atomic E-state index is -0.0877. The molecule has 1 aromatic heterocycles. The first-order valence-electron chi connectivity index (χ1n) is 5.97. The summed E-state index contributed by atoms with van der Waals surface area (Å²) in [5.41, 5.74) is 1.49. The Morgan fingerprint density at radius 1 is 1.16 bits per heavy atom. The predicted octanol–water partition coefficient (Wildman–Crippen LogP) is 2.98. The van der Waals surface area contributed by atoms with Gasteiger partial charge in [-0.3, -0.25) is 4.57 Å². The predicted molar refractivity (Wildman–Crippen MR) is 81.0 cm³/mol. The number of nitrogens with one attached hydrogen (secondary N) is 2. The Kier molecular flexibility index (Phi) is 4.46. The second-order valence-corrected chi connectivity index (χ2v) is 5.38. The van der Waals surface area contributed by atoms with Crippen LogP contribution in [0.5, 0.6) is 0 Å². The summed E-state index contributed by atoms with van der Waals surface area (Å²) in [6.07, 6.45) is 1.90. The summed E-state index contributed by atoms with van der Waals surface area (Å²) in [6, 6.07) is 3.70. The maximum atomic E-state index is 12.1. The molecular formula is C12H14Cl3N3O. The van der Waals surface area contributed by atoms with Crippen molar-refractivity contribution in [2.75, 3.05) is 13.1 Å². The van der Waals surface area contributed by atoms with E-state index >= 15 is 0 Å². The van der Waals surface area contributed by atoms with E-state index < -0.39 is 0 Å². The SMILES string of the molecule is Cl.O=c1[nH]c2cc(Cl)c(Cl)cc2n1C1CCNCC1. The van der Waals surface area contributed by atoms with Crippen molar-refractivity contribution in [3.8, 4) is 0 Å². The van der Waals surface area contributed by atoms with Gasteiger partial charge in [0.05, 0.1) is 21.1 Å². The number of imidazole rings is 1. The van der Waals surface area contributed by atoms with Crippen LogP contribution in [0.1, 0.15) is 18.9 Å². The van der Waals surface area contributed by atoms with E-state index in [2.05, 4.69) is 10.3 Å². The number of nitrogens with zero attached hydrogens (tertiary/aromatic N) is 1. The van der Waals surface area contributed by atoms with Crippen molar-refractivity contribution in [2.24, 2.45) is 0 Å². The van der Waals surface area contributed by atoms with Gasteiger partial charge in [0.15, 0.2) is 0 Å². The number of aromatic amines is 1. The lowest BCUT2D eigenvalue weighted by Gasteiger charge is -2.23. The Morgan fingerprint density at radius 3 is 2.47 bits per heavy atom. The number of rotatable bonds is 1. The van der Waals surface area contributed by atoms with Crippen LogP contribution in [0.4, 0.5) is 0 Å². The Labute approximate surface area is 126 Å². The van der Waals surface area contributed by atoms with Crippen molar-refractivity contribution in [3.05, 3.63) is 32.7 Å². The maximum Gasteiger partial charge on any atom is 0.326 e. The molecule has 2 N–H and O–H groups in total. The molecule has 0 atom stereocenters. The van der Waals surface area contributed by atoms with Crippen LogP contribution in [0.3, 0.4) is 0 Å². The number of H-pyrrole nitrogens is 1. The van der Waals surface area contributed by atoms with Gasteiger partial charge in [0, 0.05) is 6.04 Å². The Bertz CT molecular complexity index is 643. The van der Waals surface area contributed by atoms with Crippen LogP contribution in [0.2, 0.25) is 10.0 Å². The number of fused-ring (bicyclic) bond motifs is 1. The molecule has 1 aromatic carbocycles.